The van der Waals surface area contributed by atoms with E-state index in [1.54, 1.807) is 0 Å². The summed E-state index contributed by atoms with van der Waals surface area (Å²) in [5.74, 6) is -1.19. The van der Waals surface area contributed by atoms with E-state index < -0.39 is 142 Å². The van der Waals surface area contributed by atoms with Gasteiger partial charge in [0.15, 0.2) is 25.0 Å². The van der Waals surface area contributed by atoms with Gasteiger partial charge in [0, 0.05) is 25.7 Å². The number of halogens is 1. The summed E-state index contributed by atoms with van der Waals surface area (Å²) in [7, 11) is 0. The maximum absolute atomic E-state index is 14.0. The van der Waals surface area contributed by atoms with Crippen molar-refractivity contribution in [2.24, 2.45) is 34.4 Å². The van der Waals surface area contributed by atoms with Crippen molar-refractivity contribution in [2.45, 2.75) is 135 Å². The average molecular weight is 718 g/mol. The van der Waals surface area contributed by atoms with E-state index in [4.69, 9.17) is 62.8 Å². The van der Waals surface area contributed by atoms with E-state index in [9.17, 15) is 44.9 Å². The lowest BCUT2D eigenvalue weighted by atomic mass is 9.83. The van der Waals surface area contributed by atoms with Crippen molar-refractivity contribution in [3.63, 3.8) is 0 Å². The second kappa shape index (κ2) is 17.4. The first-order valence-electron chi connectivity index (χ1n) is 16.1. The summed E-state index contributed by atoms with van der Waals surface area (Å²) in [4.78, 5) is 12.6. The van der Waals surface area contributed by atoms with Gasteiger partial charge in [-0.3, -0.25) is 4.79 Å². The fourth-order valence-corrected chi connectivity index (χ4v) is 6.39. The van der Waals surface area contributed by atoms with Crippen LogP contribution in [0.15, 0.2) is 0 Å². The smallest absolute Gasteiger partial charge is 0.252 e. The van der Waals surface area contributed by atoms with E-state index in [2.05, 4.69) is 5.32 Å². The van der Waals surface area contributed by atoms with Gasteiger partial charge in [-0.05, 0) is 12.8 Å². The normalized spacial score (nSPS) is 47.5. The molecule has 3 heterocycles. The Morgan fingerprint density at radius 2 is 1.35 bits per heavy atom. The lowest BCUT2D eigenvalue weighted by Gasteiger charge is -2.47. The summed E-state index contributed by atoms with van der Waals surface area (Å²) in [6.45, 7) is -1.67. The predicted octanol–water partition coefficient (Wildman–Crippen LogP) is -9.05. The largest absolute Gasteiger partial charge is 0.394 e. The van der Waals surface area contributed by atoms with Gasteiger partial charge in [-0.25, -0.2) is 4.39 Å². The van der Waals surface area contributed by atoms with Crippen LogP contribution in [0.2, 0.25) is 0 Å². The lowest BCUT2D eigenvalue weighted by molar-refractivity contribution is -0.296. The molecule has 1 unspecified atom stereocenters. The molecule has 1 amide bonds. The molecule has 0 aromatic rings. The van der Waals surface area contributed by atoms with Crippen LogP contribution in [0.3, 0.4) is 0 Å². The summed E-state index contributed by atoms with van der Waals surface area (Å²) in [5.41, 5.74) is 35.2. The molecule has 3 aliphatic heterocycles. The van der Waals surface area contributed by atoms with Gasteiger partial charge in [0.05, 0.1) is 36.9 Å². The van der Waals surface area contributed by atoms with Gasteiger partial charge in [-0.15, -0.1) is 0 Å². The number of nitrogens with two attached hydrogens (primary N) is 6. The molecule has 0 bridgehead atoms. The van der Waals surface area contributed by atoms with E-state index >= 15 is 0 Å². The SMILES string of the molecule is NC[C@@H]1O[C@H](O[C@H]2[C@@H](O)[C@H](O[C@@H]3[C@@H](O)[C@H](NC(=O)C(O)[C@@H](F)CN)C[C@H](N)[C@H]3O[C@H]3O[C@H](CN)[C@@H](O)C[C@H]3N)O[C@@H]2CO)[C@H](N)[C@@H](O)[C@@H]1O. The number of ether oxygens (including phenoxy) is 6. The number of rotatable bonds is 13. The Morgan fingerprint density at radius 3 is 1.96 bits per heavy atom. The van der Waals surface area contributed by atoms with Gasteiger partial charge in [0.25, 0.3) is 5.91 Å². The molecule has 20 N–H and O–H groups in total. The quantitative estimate of drug-likeness (QED) is 0.0840. The Bertz CT molecular complexity index is 1060. The Balaban J connectivity index is 1.56. The van der Waals surface area contributed by atoms with E-state index in [1.165, 1.54) is 0 Å². The number of alkyl halides is 1. The number of nitrogens with one attached hydrogen (secondary N) is 1. The molecule has 3 saturated heterocycles. The first-order valence-corrected chi connectivity index (χ1v) is 16.1. The highest BCUT2D eigenvalue weighted by Crippen LogP contribution is 2.34. The van der Waals surface area contributed by atoms with Gasteiger partial charge < -0.3 is 104 Å². The zero-order valence-corrected chi connectivity index (χ0v) is 26.6. The van der Waals surface area contributed by atoms with Crippen molar-refractivity contribution in [1.82, 2.24) is 5.32 Å². The summed E-state index contributed by atoms with van der Waals surface area (Å²) in [6, 6.07) is -4.53. The number of aliphatic hydroxyl groups excluding tert-OH is 7. The van der Waals surface area contributed by atoms with E-state index in [0.29, 0.717) is 0 Å². The first-order chi connectivity index (χ1) is 23.2. The minimum Gasteiger partial charge on any atom is -0.394 e. The Hall–Kier alpha value is -1.36. The molecule has 0 spiro atoms. The predicted molar refractivity (Wildman–Crippen MR) is 161 cm³/mol. The molecular formula is C27H52FN7O14. The molecule has 1 saturated carbocycles. The highest BCUT2D eigenvalue weighted by Gasteiger charge is 2.54. The van der Waals surface area contributed by atoms with Crippen LogP contribution in [0.25, 0.3) is 0 Å². The molecule has 22 heteroatoms. The van der Waals surface area contributed by atoms with E-state index in [0.717, 1.165) is 0 Å². The maximum atomic E-state index is 14.0. The number of amides is 1. The van der Waals surface area contributed by atoms with Gasteiger partial charge in [0.1, 0.15) is 61.1 Å². The molecule has 20 atom stereocenters. The van der Waals surface area contributed by atoms with Gasteiger partial charge in [-0.2, -0.15) is 0 Å². The molecule has 49 heavy (non-hydrogen) atoms. The van der Waals surface area contributed by atoms with Crippen LogP contribution < -0.4 is 39.7 Å². The van der Waals surface area contributed by atoms with Crippen molar-refractivity contribution < 1.29 is 73.4 Å². The monoisotopic (exact) mass is 717 g/mol. The Labute approximate surface area is 280 Å². The van der Waals surface area contributed by atoms with Gasteiger partial charge >= 0.3 is 0 Å². The second-order valence-corrected chi connectivity index (χ2v) is 12.8. The summed E-state index contributed by atoms with van der Waals surface area (Å²) in [5, 5.41) is 76.0. The van der Waals surface area contributed by atoms with Crippen LogP contribution >= 0.6 is 0 Å². The fraction of sp³-hybridized carbons (Fsp3) is 0.963. The third-order valence-electron chi connectivity index (χ3n) is 9.34. The minimum absolute atomic E-state index is 0.0362. The molecule has 21 nitrogen and oxygen atoms in total. The van der Waals surface area contributed by atoms with Crippen LogP contribution in [0.1, 0.15) is 12.8 Å². The summed E-state index contributed by atoms with van der Waals surface area (Å²) in [6.07, 6.45) is -23.6. The van der Waals surface area contributed by atoms with E-state index in [1.807, 2.05) is 0 Å². The highest BCUT2D eigenvalue weighted by molar-refractivity contribution is 5.81. The number of carbonyl (C=O) groups excluding carboxylic acids is 1. The molecule has 4 aliphatic rings. The van der Waals surface area contributed by atoms with Crippen molar-refractivity contribution in [3.8, 4) is 0 Å². The van der Waals surface area contributed by atoms with Crippen molar-refractivity contribution in [2.75, 3.05) is 26.2 Å². The second-order valence-electron chi connectivity index (χ2n) is 12.8. The highest BCUT2D eigenvalue weighted by atomic mass is 19.1. The number of carbonyl (C=O) groups is 1. The van der Waals surface area contributed by atoms with E-state index in [-0.39, 0.29) is 25.9 Å². The molecule has 0 aromatic heterocycles. The van der Waals surface area contributed by atoms with Crippen molar-refractivity contribution >= 4 is 5.91 Å². The molecular weight excluding hydrogens is 665 g/mol. The number of hydrogen-bond acceptors (Lipinski definition) is 20. The number of aliphatic hydroxyl groups is 7. The van der Waals surface area contributed by atoms with Crippen molar-refractivity contribution in [1.29, 1.82) is 0 Å². The molecule has 286 valence electrons. The topological polar surface area (TPSA) is 382 Å². The molecule has 4 rings (SSSR count). The summed E-state index contributed by atoms with van der Waals surface area (Å²) < 4.78 is 49.0. The van der Waals surface area contributed by atoms with Crippen LogP contribution in [-0.2, 0) is 33.2 Å². The Morgan fingerprint density at radius 1 is 0.755 bits per heavy atom. The number of hydrogen-bond donors (Lipinski definition) is 14. The third kappa shape index (κ3) is 8.82. The third-order valence-corrected chi connectivity index (χ3v) is 9.34. The molecule has 0 aromatic carbocycles. The average Bonchev–Trinajstić information content (AvgIpc) is 3.38. The van der Waals surface area contributed by atoms with Crippen LogP contribution in [-0.4, -0.2) is 190 Å². The molecule has 4 fully saturated rings. The van der Waals surface area contributed by atoms with Gasteiger partial charge in [0.2, 0.25) is 0 Å². The lowest BCUT2D eigenvalue weighted by Crippen LogP contribution is -2.67. The maximum Gasteiger partial charge on any atom is 0.252 e. The van der Waals surface area contributed by atoms with Crippen molar-refractivity contribution in [3.05, 3.63) is 0 Å². The molecule has 1 aliphatic carbocycles. The van der Waals surface area contributed by atoms with Crippen LogP contribution in [0, 0.1) is 0 Å². The van der Waals surface area contributed by atoms with Gasteiger partial charge in [-0.1, -0.05) is 0 Å². The van der Waals surface area contributed by atoms with Crippen LogP contribution in [0.4, 0.5) is 4.39 Å². The van der Waals surface area contributed by atoms with Crippen LogP contribution in [0.5, 0.6) is 0 Å². The standard InChI is InChI=1S/C27H52FN7O14/c28-7(3-29)16(38)24(43)35-10-1-8(32)21(47-25-9(33)2-11(37)12(4-30)44-25)23(17(10)39)49-27-20(42)22(14(6-36)46-27)48-26-15(34)19(41)18(40)13(5-31)45-26/h7-23,25-27,36-42H,1-6,29-34H2,(H,35,43)/t7-,8-,9+,10+,11-,12+,13-,14+,15+,16?,17-,18+,19+,20+,21+,22+,23+,25+,26+,27-/m0/s1. The summed E-state index contributed by atoms with van der Waals surface area (Å²) >= 11 is 0. The molecule has 0 radical (unpaired) electrons. The minimum atomic E-state index is -2.16. The first kappa shape index (κ1) is 40.4. The zero-order valence-electron chi connectivity index (χ0n) is 26.6. The Kier molecular flexibility index (Phi) is 14.4. The fourth-order valence-electron chi connectivity index (χ4n) is 6.39. The zero-order chi connectivity index (χ0) is 36.3.